The van der Waals surface area contributed by atoms with Crippen molar-refractivity contribution in [3.63, 3.8) is 0 Å². The summed E-state index contributed by atoms with van der Waals surface area (Å²) in [6.07, 6.45) is 0. The van der Waals surface area contributed by atoms with E-state index in [0.717, 1.165) is 0 Å². The molecule has 0 aliphatic carbocycles. The summed E-state index contributed by atoms with van der Waals surface area (Å²) in [5, 5.41) is 3.54. The standard InChI is InChI=1S/C27H24N2O5/c1-4-34-27(31)19-10-6-8-12-23(19)29-26(30)20-16-24(28-22-11-7-5-9-18(20)22)21-15-17(32-2)13-14-25(21)33-3/h5-16H,4H2,1-3H3,(H,29,30). The maximum atomic E-state index is 13.5. The fraction of sp³-hybridized carbons (Fsp3) is 0.148. The highest BCUT2D eigenvalue weighted by atomic mass is 16.5. The van der Waals surface area contributed by atoms with E-state index in [9.17, 15) is 9.59 Å². The van der Waals surface area contributed by atoms with Gasteiger partial charge in [-0.05, 0) is 49.4 Å². The third kappa shape index (κ3) is 4.54. The molecule has 1 N–H and O–H groups in total. The molecule has 0 radical (unpaired) electrons. The summed E-state index contributed by atoms with van der Waals surface area (Å²) in [7, 11) is 3.16. The molecule has 0 saturated carbocycles. The maximum Gasteiger partial charge on any atom is 0.340 e. The first kappa shape index (κ1) is 22.8. The number of benzene rings is 3. The Morgan fingerprint density at radius 2 is 1.65 bits per heavy atom. The Hall–Kier alpha value is -4.39. The first-order valence-corrected chi connectivity index (χ1v) is 10.8. The molecule has 172 valence electrons. The number of nitrogens with zero attached hydrogens (tertiary/aromatic N) is 1. The molecule has 1 amide bonds. The van der Waals surface area contributed by atoms with E-state index >= 15 is 0 Å². The second kappa shape index (κ2) is 10.0. The lowest BCUT2D eigenvalue weighted by Gasteiger charge is -2.14. The number of nitrogens with one attached hydrogen (secondary N) is 1. The minimum absolute atomic E-state index is 0.238. The molecule has 0 bridgehead atoms. The average Bonchev–Trinajstić information content (AvgIpc) is 2.88. The van der Waals surface area contributed by atoms with Crippen LogP contribution in [0.25, 0.3) is 22.2 Å². The van der Waals surface area contributed by atoms with Crippen LogP contribution in [-0.4, -0.2) is 37.7 Å². The molecule has 34 heavy (non-hydrogen) atoms. The third-order valence-electron chi connectivity index (χ3n) is 5.31. The van der Waals surface area contributed by atoms with E-state index in [4.69, 9.17) is 19.2 Å². The zero-order valence-electron chi connectivity index (χ0n) is 19.1. The van der Waals surface area contributed by atoms with E-state index < -0.39 is 5.97 Å². The van der Waals surface area contributed by atoms with Crippen molar-refractivity contribution in [2.75, 3.05) is 26.1 Å². The van der Waals surface area contributed by atoms with Gasteiger partial charge in [0.15, 0.2) is 0 Å². The topological polar surface area (TPSA) is 86.8 Å². The van der Waals surface area contributed by atoms with Crippen LogP contribution < -0.4 is 14.8 Å². The largest absolute Gasteiger partial charge is 0.497 e. The van der Waals surface area contributed by atoms with E-state index in [1.54, 1.807) is 63.6 Å². The molecular formula is C27H24N2O5. The number of para-hydroxylation sites is 2. The van der Waals surface area contributed by atoms with Gasteiger partial charge in [-0.3, -0.25) is 4.79 Å². The average molecular weight is 456 g/mol. The number of amides is 1. The molecule has 0 spiro atoms. The number of ether oxygens (including phenoxy) is 3. The Bertz CT molecular complexity index is 1370. The maximum absolute atomic E-state index is 13.5. The van der Waals surface area contributed by atoms with Crippen LogP contribution in [0.4, 0.5) is 5.69 Å². The zero-order chi connectivity index (χ0) is 24.1. The van der Waals surface area contributed by atoms with Crippen molar-refractivity contribution in [3.8, 4) is 22.8 Å². The van der Waals surface area contributed by atoms with Crippen LogP contribution in [0.5, 0.6) is 11.5 Å². The molecule has 1 heterocycles. The normalized spacial score (nSPS) is 10.6. The first-order chi connectivity index (χ1) is 16.5. The zero-order valence-corrected chi connectivity index (χ0v) is 19.1. The van der Waals surface area contributed by atoms with Gasteiger partial charge in [-0.2, -0.15) is 0 Å². The van der Waals surface area contributed by atoms with E-state index in [2.05, 4.69) is 5.32 Å². The Labute approximate surface area is 197 Å². The van der Waals surface area contributed by atoms with E-state index in [0.29, 0.717) is 44.9 Å². The van der Waals surface area contributed by atoms with Gasteiger partial charge < -0.3 is 19.5 Å². The van der Waals surface area contributed by atoms with Crippen molar-refractivity contribution in [1.29, 1.82) is 0 Å². The highest BCUT2D eigenvalue weighted by Gasteiger charge is 2.19. The second-order valence-electron chi connectivity index (χ2n) is 7.36. The fourth-order valence-electron chi connectivity index (χ4n) is 3.68. The molecule has 0 aliphatic heterocycles. The van der Waals surface area contributed by atoms with Gasteiger partial charge in [0.25, 0.3) is 5.91 Å². The fourth-order valence-corrected chi connectivity index (χ4v) is 3.68. The van der Waals surface area contributed by atoms with Gasteiger partial charge in [0, 0.05) is 10.9 Å². The highest BCUT2D eigenvalue weighted by Crippen LogP contribution is 2.34. The summed E-state index contributed by atoms with van der Waals surface area (Å²) in [6.45, 7) is 1.97. The quantitative estimate of drug-likeness (QED) is 0.377. The SMILES string of the molecule is CCOC(=O)c1ccccc1NC(=O)c1cc(-c2cc(OC)ccc2OC)nc2ccccc12. The highest BCUT2D eigenvalue weighted by molar-refractivity contribution is 6.14. The van der Waals surface area contributed by atoms with Crippen molar-refractivity contribution >= 4 is 28.5 Å². The number of fused-ring (bicyclic) bond motifs is 1. The molecule has 0 atom stereocenters. The van der Waals surface area contributed by atoms with Gasteiger partial charge >= 0.3 is 5.97 Å². The van der Waals surface area contributed by atoms with E-state index in [1.807, 2.05) is 30.3 Å². The number of anilines is 1. The van der Waals surface area contributed by atoms with Crippen LogP contribution in [0.2, 0.25) is 0 Å². The van der Waals surface area contributed by atoms with Crippen LogP contribution in [0.15, 0.2) is 72.8 Å². The molecule has 0 saturated heterocycles. The molecule has 7 heteroatoms. The number of carbonyl (C=O) groups is 2. The van der Waals surface area contributed by atoms with Crippen LogP contribution in [0.1, 0.15) is 27.6 Å². The van der Waals surface area contributed by atoms with Gasteiger partial charge in [-0.15, -0.1) is 0 Å². The van der Waals surface area contributed by atoms with Crippen molar-refractivity contribution in [3.05, 3.63) is 83.9 Å². The number of methoxy groups -OCH3 is 2. The minimum atomic E-state index is -0.500. The smallest absolute Gasteiger partial charge is 0.340 e. The number of hydrogen-bond acceptors (Lipinski definition) is 6. The number of hydrogen-bond donors (Lipinski definition) is 1. The Balaban J connectivity index is 1.82. The lowest BCUT2D eigenvalue weighted by Crippen LogP contribution is -2.16. The Kier molecular flexibility index (Phi) is 6.73. The van der Waals surface area contributed by atoms with Crippen molar-refractivity contribution in [2.24, 2.45) is 0 Å². The van der Waals surface area contributed by atoms with Crippen LogP contribution in [0.3, 0.4) is 0 Å². The van der Waals surface area contributed by atoms with Crippen molar-refractivity contribution in [1.82, 2.24) is 4.98 Å². The molecular weight excluding hydrogens is 432 g/mol. The molecule has 4 rings (SSSR count). The predicted octanol–water partition coefficient (Wildman–Crippen LogP) is 5.35. The first-order valence-electron chi connectivity index (χ1n) is 10.8. The predicted molar refractivity (Wildman–Crippen MR) is 131 cm³/mol. The van der Waals surface area contributed by atoms with Crippen LogP contribution in [0, 0.1) is 0 Å². The summed E-state index contributed by atoms with van der Waals surface area (Å²) >= 11 is 0. The Morgan fingerprint density at radius 3 is 2.41 bits per heavy atom. The van der Waals surface area contributed by atoms with Crippen LogP contribution in [-0.2, 0) is 4.74 Å². The molecule has 7 nitrogen and oxygen atoms in total. The minimum Gasteiger partial charge on any atom is -0.497 e. The molecule has 1 aromatic heterocycles. The summed E-state index contributed by atoms with van der Waals surface area (Å²) < 4.78 is 16.0. The van der Waals surface area contributed by atoms with Gasteiger partial charge in [0.2, 0.25) is 0 Å². The van der Waals surface area contributed by atoms with Gasteiger partial charge in [-0.25, -0.2) is 9.78 Å². The molecule has 3 aromatic carbocycles. The number of carbonyl (C=O) groups excluding carboxylic acids is 2. The summed E-state index contributed by atoms with van der Waals surface area (Å²) in [6, 6.07) is 21.2. The Morgan fingerprint density at radius 1 is 0.882 bits per heavy atom. The van der Waals surface area contributed by atoms with Gasteiger partial charge in [0.1, 0.15) is 11.5 Å². The number of esters is 1. The summed E-state index contributed by atoms with van der Waals surface area (Å²) in [4.78, 5) is 30.6. The second-order valence-corrected chi connectivity index (χ2v) is 7.36. The van der Waals surface area contributed by atoms with Crippen molar-refractivity contribution < 1.29 is 23.8 Å². The van der Waals surface area contributed by atoms with Gasteiger partial charge in [0.05, 0.1) is 48.9 Å². The molecule has 0 unspecified atom stereocenters. The van der Waals surface area contributed by atoms with E-state index in [1.165, 1.54) is 0 Å². The van der Waals surface area contributed by atoms with Crippen molar-refractivity contribution in [2.45, 2.75) is 6.92 Å². The van der Waals surface area contributed by atoms with Crippen LogP contribution >= 0.6 is 0 Å². The third-order valence-corrected chi connectivity index (χ3v) is 5.31. The number of pyridine rings is 1. The van der Waals surface area contributed by atoms with Gasteiger partial charge in [-0.1, -0.05) is 30.3 Å². The summed E-state index contributed by atoms with van der Waals surface area (Å²) in [5.74, 6) is 0.362. The van der Waals surface area contributed by atoms with E-state index in [-0.39, 0.29) is 18.1 Å². The summed E-state index contributed by atoms with van der Waals surface area (Å²) in [5.41, 5.74) is 2.95. The molecule has 0 fully saturated rings. The number of rotatable bonds is 7. The molecule has 0 aliphatic rings. The lowest BCUT2D eigenvalue weighted by atomic mass is 10.0. The lowest BCUT2D eigenvalue weighted by molar-refractivity contribution is 0.0527. The monoisotopic (exact) mass is 456 g/mol. The molecule has 4 aromatic rings. The number of aromatic nitrogens is 1.